The van der Waals surface area contributed by atoms with E-state index in [1.54, 1.807) is 0 Å². The van der Waals surface area contributed by atoms with Crippen molar-refractivity contribution in [2.75, 3.05) is 32.1 Å². The lowest BCUT2D eigenvalue weighted by molar-refractivity contribution is -0.137. The van der Waals surface area contributed by atoms with Crippen molar-refractivity contribution in [1.29, 1.82) is 0 Å². The third-order valence-corrected chi connectivity index (χ3v) is 5.37. The smallest absolute Gasteiger partial charge is 0.309 e. The Labute approximate surface area is 160 Å². The number of carbonyl (C=O) groups is 3. The van der Waals surface area contributed by atoms with E-state index in [9.17, 15) is 14.4 Å². The van der Waals surface area contributed by atoms with Crippen LogP contribution in [0.5, 0.6) is 0 Å². The number of thiazole rings is 1. The molecule has 25 heavy (non-hydrogen) atoms. The average Bonchev–Trinajstić information content (AvgIpc) is 2.95. The van der Waals surface area contributed by atoms with E-state index >= 15 is 0 Å². The van der Waals surface area contributed by atoms with Crippen molar-refractivity contribution >= 4 is 53.2 Å². The number of hydrogen-bond acceptors (Lipinski definition) is 7. The number of carbonyl (C=O) groups excluding carboxylic acids is 3. The Hall–Kier alpha value is -1.36. The summed E-state index contributed by atoms with van der Waals surface area (Å²) in [4.78, 5) is 42.2. The average molecular weight is 408 g/mol. The fourth-order valence-corrected chi connectivity index (χ4v) is 4.02. The molecule has 11 heteroatoms. The highest BCUT2D eigenvalue weighted by molar-refractivity contribution is 7.98. The number of halogens is 1. The molecule has 0 aliphatic carbocycles. The molecule has 0 radical (unpaired) electrons. The van der Waals surface area contributed by atoms with Crippen LogP contribution in [0.4, 0.5) is 0 Å². The fourth-order valence-electron chi connectivity index (χ4n) is 2.32. The molecule has 140 valence electrons. The Bertz CT molecular complexity index is 640. The van der Waals surface area contributed by atoms with Crippen molar-refractivity contribution in [3.63, 3.8) is 0 Å². The molecule has 1 aromatic heterocycles. The highest BCUT2D eigenvalue weighted by Gasteiger charge is 2.23. The molecular formula is C14H22ClN5O3S2. The Morgan fingerprint density at radius 3 is 2.80 bits per heavy atom. The van der Waals surface area contributed by atoms with E-state index in [2.05, 4.69) is 20.5 Å². The summed E-state index contributed by atoms with van der Waals surface area (Å²) < 4.78 is 0. The van der Waals surface area contributed by atoms with E-state index in [0.717, 1.165) is 30.1 Å². The van der Waals surface area contributed by atoms with Crippen molar-refractivity contribution in [2.24, 2.45) is 5.73 Å². The highest BCUT2D eigenvalue weighted by atomic mass is 35.5. The number of thioether (sulfide) groups is 1. The maximum Gasteiger partial charge on any atom is 0.309 e. The first-order chi connectivity index (χ1) is 11.4. The van der Waals surface area contributed by atoms with Crippen molar-refractivity contribution in [1.82, 2.24) is 20.5 Å². The van der Waals surface area contributed by atoms with Gasteiger partial charge in [-0.25, -0.2) is 4.98 Å². The second kappa shape index (κ2) is 9.95. The van der Waals surface area contributed by atoms with Gasteiger partial charge in [0.05, 0.1) is 11.7 Å². The van der Waals surface area contributed by atoms with E-state index in [4.69, 9.17) is 5.73 Å². The van der Waals surface area contributed by atoms with Crippen LogP contribution in [-0.4, -0.2) is 65.8 Å². The molecule has 0 aromatic carbocycles. The lowest BCUT2D eigenvalue weighted by Gasteiger charge is -2.20. The van der Waals surface area contributed by atoms with Gasteiger partial charge in [0.25, 0.3) is 5.91 Å². The van der Waals surface area contributed by atoms with Gasteiger partial charge in [-0.2, -0.15) is 11.8 Å². The quantitative estimate of drug-likeness (QED) is 0.553. The van der Waals surface area contributed by atoms with Crippen LogP contribution in [0.1, 0.15) is 20.4 Å². The molecule has 0 unspecified atom stereocenters. The number of amides is 3. The normalized spacial score (nSPS) is 14.8. The molecule has 1 aromatic rings. The number of fused-ring (bicyclic) bond motifs is 1. The first kappa shape index (κ1) is 21.7. The second-order valence-electron chi connectivity index (χ2n) is 5.58. The Kier molecular flexibility index (Phi) is 8.63. The Balaban J connectivity index is 0.00000312. The highest BCUT2D eigenvalue weighted by Crippen LogP contribution is 2.24. The lowest BCUT2D eigenvalue weighted by Crippen LogP contribution is -2.47. The Morgan fingerprint density at radius 2 is 2.16 bits per heavy atom. The molecule has 4 N–H and O–H groups in total. The van der Waals surface area contributed by atoms with Crippen LogP contribution >= 0.6 is 35.5 Å². The van der Waals surface area contributed by atoms with E-state index in [0.29, 0.717) is 10.8 Å². The van der Waals surface area contributed by atoms with Crippen LogP contribution < -0.4 is 16.4 Å². The summed E-state index contributed by atoms with van der Waals surface area (Å²) >= 11 is 2.93. The third-order valence-electron chi connectivity index (χ3n) is 3.55. The Morgan fingerprint density at radius 1 is 1.44 bits per heavy atom. The molecule has 1 atom stereocenters. The molecule has 2 rings (SSSR count). The van der Waals surface area contributed by atoms with Gasteiger partial charge in [-0.1, -0.05) is 0 Å². The van der Waals surface area contributed by atoms with E-state index < -0.39 is 11.8 Å². The fraction of sp³-hybridized carbons (Fsp3) is 0.571. The van der Waals surface area contributed by atoms with Gasteiger partial charge in [0, 0.05) is 36.7 Å². The van der Waals surface area contributed by atoms with Crippen molar-refractivity contribution in [3.8, 4) is 0 Å². The molecule has 0 saturated heterocycles. The maximum atomic E-state index is 12.4. The number of nitrogens with two attached hydrogens (primary N) is 1. The lowest BCUT2D eigenvalue weighted by atomic mass is 10.2. The largest absolute Gasteiger partial charge is 0.361 e. The van der Waals surface area contributed by atoms with Gasteiger partial charge < -0.3 is 21.3 Å². The van der Waals surface area contributed by atoms with Gasteiger partial charge in [0.1, 0.15) is 0 Å². The number of hydrogen-bond donors (Lipinski definition) is 3. The zero-order chi connectivity index (χ0) is 17.7. The first-order valence-electron chi connectivity index (χ1n) is 7.45. The van der Waals surface area contributed by atoms with E-state index in [-0.39, 0.29) is 30.9 Å². The van der Waals surface area contributed by atoms with Crippen molar-refractivity contribution < 1.29 is 14.4 Å². The topological polar surface area (TPSA) is 117 Å². The molecule has 8 nitrogen and oxygen atoms in total. The number of primary amides is 1. The van der Waals surface area contributed by atoms with Crippen LogP contribution in [0.25, 0.3) is 0 Å². The summed E-state index contributed by atoms with van der Waals surface area (Å²) in [6.07, 6.45) is 2.74. The predicted molar refractivity (Wildman–Crippen MR) is 101 cm³/mol. The molecule has 1 aliphatic heterocycles. The summed E-state index contributed by atoms with van der Waals surface area (Å²) in [6, 6.07) is -0.306. The van der Waals surface area contributed by atoms with Gasteiger partial charge >= 0.3 is 11.8 Å². The number of nitrogens with one attached hydrogen (secondary N) is 2. The van der Waals surface area contributed by atoms with Crippen LogP contribution in [0.3, 0.4) is 0 Å². The van der Waals surface area contributed by atoms with Crippen molar-refractivity contribution in [2.45, 2.75) is 19.0 Å². The van der Waals surface area contributed by atoms with Crippen LogP contribution in [0, 0.1) is 0 Å². The molecular weight excluding hydrogens is 386 g/mol. The van der Waals surface area contributed by atoms with Gasteiger partial charge in [-0.15, -0.1) is 23.7 Å². The van der Waals surface area contributed by atoms with E-state index in [1.807, 2.05) is 13.3 Å². The summed E-state index contributed by atoms with van der Waals surface area (Å²) in [5.41, 5.74) is 5.89. The standard InChI is InChI=1S/C14H21N5O3S2.ClH/c1-19-4-3-9-10(6-19)24-14(18-9)13(22)17-8(7-23-2)5-16-12(21)11(15)20;/h8H,3-7H2,1-2H3,(H2,15,20)(H,16,21)(H,17,22);1H/t8-;/m0./s1. The number of aromatic nitrogens is 1. The molecule has 0 bridgehead atoms. The third kappa shape index (κ3) is 6.14. The minimum atomic E-state index is -1.04. The molecule has 2 heterocycles. The van der Waals surface area contributed by atoms with Gasteiger partial charge in [0.15, 0.2) is 5.01 Å². The molecule has 0 saturated carbocycles. The van der Waals surface area contributed by atoms with Crippen LogP contribution in [0.2, 0.25) is 0 Å². The maximum absolute atomic E-state index is 12.4. The van der Waals surface area contributed by atoms with Crippen molar-refractivity contribution in [3.05, 3.63) is 15.6 Å². The number of rotatable bonds is 6. The summed E-state index contributed by atoms with van der Waals surface area (Å²) in [5.74, 6) is -1.56. The molecule has 1 aliphatic rings. The minimum absolute atomic E-state index is 0. The molecule has 0 spiro atoms. The summed E-state index contributed by atoms with van der Waals surface area (Å²) in [6.45, 7) is 1.89. The second-order valence-corrected chi connectivity index (χ2v) is 7.57. The molecule has 0 fully saturated rings. The van der Waals surface area contributed by atoms with E-state index in [1.165, 1.54) is 23.1 Å². The zero-order valence-corrected chi connectivity index (χ0v) is 16.5. The van der Waals surface area contributed by atoms with Gasteiger partial charge in [-0.3, -0.25) is 14.4 Å². The van der Waals surface area contributed by atoms with Crippen LogP contribution in [-0.2, 0) is 22.6 Å². The monoisotopic (exact) mass is 407 g/mol. The van der Waals surface area contributed by atoms with Gasteiger partial charge in [0.2, 0.25) is 0 Å². The van der Waals surface area contributed by atoms with Gasteiger partial charge in [-0.05, 0) is 13.3 Å². The molecule has 3 amide bonds. The summed E-state index contributed by atoms with van der Waals surface area (Å²) in [7, 11) is 2.04. The number of likely N-dealkylation sites (N-methyl/N-ethyl adjacent to an activating group) is 1. The number of nitrogens with zero attached hydrogens (tertiary/aromatic N) is 2. The first-order valence-corrected chi connectivity index (χ1v) is 9.66. The summed E-state index contributed by atoms with van der Waals surface area (Å²) in [5, 5.41) is 5.70. The minimum Gasteiger partial charge on any atom is -0.361 e. The SMILES string of the molecule is CSC[C@H](CNC(=O)C(N)=O)NC(=O)c1nc2c(s1)CN(C)CC2.Cl. The van der Waals surface area contributed by atoms with Crippen LogP contribution in [0.15, 0.2) is 0 Å². The predicted octanol–water partition coefficient (Wildman–Crippen LogP) is -0.384. The zero-order valence-electron chi connectivity index (χ0n) is 14.0.